The zero-order chi connectivity index (χ0) is 14.5. The van der Waals surface area contributed by atoms with Gasteiger partial charge >= 0.3 is 6.03 Å². The highest BCUT2D eigenvalue weighted by Crippen LogP contribution is 2.17. The van der Waals surface area contributed by atoms with Crippen LogP contribution in [0.2, 0.25) is 0 Å². The van der Waals surface area contributed by atoms with Crippen LogP contribution in [0.25, 0.3) is 0 Å². The third-order valence-corrected chi connectivity index (χ3v) is 3.84. The lowest BCUT2D eigenvalue weighted by atomic mass is 10.2. The number of nitrogens with zero attached hydrogens (tertiary/aromatic N) is 2. The molecule has 0 aliphatic heterocycles. The van der Waals surface area contributed by atoms with Crippen LogP contribution in [-0.4, -0.2) is 28.2 Å². The number of carbonyl (C=O) groups is 1. The molecule has 2 rings (SSSR count). The molecule has 1 saturated carbocycles. The summed E-state index contributed by atoms with van der Waals surface area (Å²) in [6.07, 6.45) is 6.03. The number of hydrogen-bond donors (Lipinski definition) is 2. The van der Waals surface area contributed by atoms with Crippen molar-refractivity contribution in [1.82, 2.24) is 20.2 Å². The topological polar surface area (TPSA) is 76.0 Å². The zero-order valence-corrected chi connectivity index (χ0v) is 12.1. The monoisotopic (exact) mass is 278 g/mol. The Bertz CT molecular complexity index is 532. The summed E-state index contributed by atoms with van der Waals surface area (Å²) in [4.78, 5) is 27.8. The Labute approximate surface area is 118 Å². The lowest BCUT2D eigenvalue weighted by molar-refractivity contribution is 0.236. The number of nitrogens with one attached hydrogen (secondary N) is 2. The molecule has 20 heavy (non-hydrogen) atoms. The van der Waals surface area contributed by atoms with Gasteiger partial charge in [0.05, 0.1) is 6.33 Å². The van der Waals surface area contributed by atoms with Crippen LogP contribution in [-0.2, 0) is 6.54 Å². The fourth-order valence-electron chi connectivity index (χ4n) is 2.43. The van der Waals surface area contributed by atoms with Crippen molar-refractivity contribution < 1.29 is 4.79 Å². The smallest absolute Gasteiger partial charge is 0.315 e. The molecule has 1 aromatic heterocycles. The maximum absolute atomic E-state index is 11.9. The van der Waals surface area contributed by atoms with Crippen molar-refractivity contribution in [2.75, 3.05) is 6.54 Å². The van der Waals surface area contributed by atoms with Crippen LogP contribution in [0.4, 0.5) is 4.79 Å². The fraction of sp³-hybridized carbons (Fsp3) is 0.643. The molecule has 6 nitrogen and oxygen atoms in total. The Morgan fingerprint density at radius 3 is 2.80 bits per heavy atom. The minimum absolute atomic E-state index is 0.0458. The van der Waals surface area contributed by atoms with Gasteiger partial charge in [0.15, 0.2) is 0 Å². The molecule has 0 atom stereocenters. The lowest BCUT2D eigenvalue weighted by Crippen LogP contribution is -2.42. The van der Waals surface area contributed by atoms with E-state index in [0.717, 1.165) is 18.5 Å². The second-order valence-corrected chi connectivity index (χ2v) is 5.34. The van der Waals surface area contributed by atoms with E-state index in [0.29, 0.717) is 24.7 Å². The van der Waals surface area contributed by atoms with Crippen molar-refractivity contribution in [3.8, 4) is 0 Å². The average Bonchev–Trinajstić information content (AvgIpc) is 2.91. The van der Waals surface area contributed by atoms with Crippen LogP contribution >= 0.6 is 0 Å². The second-order valence-electron chi connectivity index (χ2n) is 5.34. The highest BCUT2D eigenvalue weighted by atomic mass is 16.2. The van der Waals surface area contributed by atoms with Gasteiger partial charge in [-0.2, -0.15) is 0 Å². The molecule has 2 N–H and O–H groups in total. The average molecular weight is 278 g/mol. The summed E-state index contributed by atoms with van der Waals surface area (Å²) in [6.45, 7) is 4.43. The highest BCUT2D eigenvalue weighted by Gasteiger charge is 2.16. The van der Waals surface area contributed by atoms with Crippen molar-refractivity contribution >= 4 is 6.03 Å². The highest BCUT2D eigenvalue weighted by molar-refractivity contribution is 5.74. The molecule has 0 unspecified atom stereocenters. The van der Waals surface area contributed by atoms with Crippen LogP contribution in [0, 0.1) is 13.8 Å². The van der Waals surface area contributed by atoms with E-state index in [9.17, 15) is 9.59 Å². The van der Waals surface area contributed by atoms with Gasteiger partial charge in [0.2, 0.25) is 0 Å². The predicted octanol–water partition coefficient (Wildman–Crippen LogP) is 1.10. The first-order valence-corrected chi connectivity index (χ1v) is 7.15. The second kappa shape index (κ2) is 6.54. The summed E-state index contributed by atoms with van der Waals surface area (Å²) < 4.78 is 1.53. The van der Waals surface area contributed by atoms with E-state index >= 15 is 0 Å². The van der Waals surface area contributed by atoms with Crippen LogP contribution < -0.4 is 16.2 Å². The quantitative estimate of drug-likeness (QED) is 0.866. The zero-order valence-electron chi connectivity index (χ0n) is 12.1. The van der Waals surface area contributed by atoms with Gasteiger partial charge in [-0.05, 0) is 26.7 Å². The van der Waals surface area contributed by atoms with E-state index < -0.39 is 0 Å². The largest absolute Gasteiger partial charge is 0.336 e. The molecule has 0 radical (unpaired) electrons. The van der Waals surface area contributed by atoms with E-state index in [1.807, 2.05) is 6.92 Å². The minimum Gasteiger partial charge on any atom is -0.336 e. The third kappa shape index (κ3) is 3.59. The molecule has 0 bridgehead atoms. The maximum atomic E-state index is 11.9. The Kier molecular flexibility index (Phi) is 4.76. The number of carbonyl (C=O) groups excluding carboxylic acids is 1. The number of aromatic nitrogens is 2. The Morgan fingerprint density at radius 1 is 1.40 bits per heavy atom. The standard InChI is InChI=1S/C14H22N4O2/c1-10-11(2)16-9-18(13(10)19)8-7-15-14(20)17-12-5-3-4-6-12/h9,12H,3-8H2,1-2H3,(H2,15,17,20). The molecular weight excluding hydrogens is 256 g/mol. The molecule has 0 spiro atoms. The van der Waals surface area contributed by atoms with Gasteiger partial charge < -0.3 is 10.6 Å². The molecular formula is C14H22N4O2. The van der Waals surface area contributed by atoms with Gasteiger partial charge in [0, 0.05) is 30.4 Å². The summed E-state index contributed by atoms with van der Waals surface area (Å²) in [7, 11) is 0. The van der Waals surface area contributed by atoms with Gasteiger partial charge in [0.1, 0.15) is 0 Å². The molecule has 1 aliphatic rings. The van der Waals surface area contributed by atoms with Crippen LogP contribution in [0.5, 0.6) is 0 Å². The maximum Gasteiger partial charge on any atom is 0.315 e. The van der Waals surface area contributed by atoms with Gasteiger partial charge in [-0.3, -0.25) is 9.36 Å². The molecule has 1 heterocycles. The van der Waals surface area contributed by atoms with Crippen molar-refractivity contribution in [1.29, 1.82) is 0 Å². The van der Waals surface area contributed by atoms with E-state index in [4.69, 9.17) is 0 Å². The molecule has 0 aromatic carbocycles. The first-order valence-electron chi connectivity index (χ1n) is 7.15. The number of amides is 2. The van der Waals surface area contributed by atoms with Crippen molar-refractivity contribution in [3.05, 3.63) is 27.9 Å². The van der Waals surface area contributed by atoms with Gasteiger partial charge in [-0.25, -0.2) is 9.78 Å². The molecule has 1 aliphatic carbocycles. The van der Waals surface area contributed by atoms with Gasteiger partial charge in [0.25, 0.3) is 5.56 Å². The van der Waals surface area contributed by atoms with Crippen molar-refractivity contribution in [2.24, 2.45) is 0 Å². The normalized spacial score (nSPS) is 15.3. The summed E-state index contributed by atoms with van der Waals surface area (Å²) in [5.74, 6) is 0. The minimum atomic E-state index is -0.151. The Balaban J connectivity index is 1.79. The van der Waals surface area contributed by atoms with E-state index in [-0.39, 0.29) is 11.6 Å². The SMILES string of the molecule is Cc1ncn(CCNC(=O)NC2CCCC2)c(=O)c1C. The number of hydrogen-bond acceptors (Lipinski definition) is 3. The molecule has 6 heteroatoms. The summed E-state index contributed by atoms with van der Waals surface area (Å²) in [6, 6.07) is 0.155. The number of aryl methyl sites for hydroxylation is 1. The summed E-state index contributed by atoms with van der Waals surface area (Å²) in [5, 5.41) is 5.73. The lowest BCUT2D eigenvalue weighted by Gasteiger charge is -2.13. The van der Waals surface area contributed by atoms with Crippen LogP contribution in [0.3, 0.4) is 0 Å². The molecule has 2 amide bonds. The summed E-state index contributed by atoms with van der Waals surface area (Å²) in [5.41, 5.74) is 1.36. The molecule has 0 saturated heterocycles. The van der Waals surface area contributed by atoms with E-state index in [1.54, 1.807) is 6.92 Å². The van der Waals surface area contributed by atoms with E-state index in [2.05, 4.69) is 15.6 Å². The third-order valence-electron chi connectivity index (χ3n) is 3.84. The molecule has 1 aromatic rings. The predicted molar refractivity (Wildman–Crippen MR) is 76.8 cm³/mol. The molecule has 110 valence electrons. The van der Waals surface area contributed by atoms with Gasteiger partial charge in [-0.1, -0.05) is 12.8 Å². The van der Waals surface area contributed by atoms with E-state index in [1.165, 1.54) is 23.7 Å². The Hall–Kier alpha value is -1.85. The summed E-state index contributed by atoms with van der Waals surface area (Å²) >= 11 is 0. The van der Waals surface area contributed by atoms with Crippen LogP contribution in [0.15, 0.2) is 11.1 Å². The van der Waals surface area contributed by atoms with Gasteiger partial charge in [-0.15, -0.1) is 0 Å². The van der Waals surface area contributed by atoms with Crippen LogP contribution in [0.1, 0.15) is 36.9 Å². The van der Waals surface area contributed by atoms with Crippen molar-refractivity contribution in [3.63, 3.8) is 0 Å². The first kappa shape index (κ1) is 14.6. The molecule has 1 fully saturated rings. The fourth-order valence-corrected chi connectivity index (χ4v) is 2.43. The number of urea groups is 1. The Morgan fingerprint density at radius 2 is 2.10 bits per heavy atom. The number of rotatable bonds is 4. The van der Waals surface area contributed by atoms with Crippen molar-refractivity contribution in [2.45, 2.75) is 52.1 Å². The first-order chi connectivity index (χ1) is 9.58.